The molecular formula is C30H31NO5. The Morgan fingerprint density at radius 3 is 2.19 bits per heavy atom. The van der Waals surface area contributed by atoms with Gasteiger partial charge in [0.2, 0.25) is 0 Å². The molecule has 1 atom stereocenters. The largest absolute Gasteiger partial charge is 0.503 e. The van der Waals surface area contributed by atoms with E-state index in [4.69, 9.17) is 9.47 Å². The molecule has 1 unspecified atom stereocenters. The molecule has 0 aromatic heterocycles. The van der Waals surface area contributed by atoms with Crippen molar-refractivity contribution in [3.63, 3.8) is 0 Å². The number of benzene rings is 3. The van der Waals surface area contributed by atoms with Crippen molar-refractivity contribution in [1.29, 1.82) is 0 Å². The number of carbonyl (C=O) groups is 2. The van der Waals surface area contributed by atoms with E-state index in [1.807, 2.05) is 42.5 Å². The highest BCUT2D eigenvalue weighted by atomic mass is 16.5. The average molecular weight is 486 g/mol. The number of ether oxygens (including phenoxy) is 2. The Morgan fingerprint density at radius 1 is 0.944 bits per heavy atom. The number of rotatable bonds is 10. The molecule has 4 rings (SSSR count). The van der Waals surface area contributed by atoms with Gasteiger partial charge in [-0.25, -0.2) is 0 Å². The van der Waals surface area contributed by atoms with Crippen LogP contribution in [0.25, 0.3) is 0 Å². The van der Waals surface area contributed by atoms with Crippen molar-refractivity contribution < 1.29 is 24.2 Å². The summed E-state index contributed by atoms with van der Waals surface area (Å²) < 4.78 is 11.0. The van der Waals surface area contributed by atoms with Crippen LogP contribution in [0.3, 0.4) is 0 Å². The molecule has 36 heavy (non-hydrogen) atoms. The van der Waals surface area contributed by atoms with E-state index in [2.05, 4.69) is 13.8 Å². The van der Waals surface area contributed by atoms with Crippen LogP contribution in [0.15, 0.2) is 90.2 Å². The summed E-state index contributed by atoms with van der Waals surface area (Å²) in [7, 11) is 1.58. The molecule has 0 aliphatic carbocycles. The quantitative estimate of drug-likeness (QED) is 0.391. The predicted octanol–water partition coefficient (Wildman–Crippen LogP) is 5.83. The van der Waals surface area contributed by atoms with E-state index in [1.54, 1.807) is 43.5 Å². The summed E-state index contributed by atoms with van der Waals surface area (Å²) in [5.41, 5.74) is 2.40. The molecule has 0 saturated heterocycles. The van der Waals surface area contributed by atoms with Gasteiger partial charge in [-0.2, -0.15) is 0 Å². The summed E-state index contributed by atoms with van der Waals surface area (Å²) in [6.45, 7) is 4.72. The maximum absolute atomic E-state index is 13.4. The maximum Gasteiger partial charge on any atom is 0.294 e. The number of aliphatic hydroxyl groups is 1. The van der Waals surface area contributed by atoms with Gasteiger partial charge < -0.3 is 14.6 Å². The Hall–Kier alpha value is -4.06. The van der Waals surface area contributed by atoms with E-state index in [0.717, 1.165) is 5.56 Å². The zero-order chi connectivity index (χ0) is 25.7. The number of aliphatic hydroxyl groups excluding tert-OH is 1. The zero-order valence-corrected chi connectivity index (χ0v) is 20.8. The second-order valence-electron chi connectivity index (χ2n) is 9.22. The summed E-state index contributed by atoms with van der Waals surface area (Å²) in [5, 5.41) is 10.9. The first kappa shape index (κ1) is 25.0. The number of nitrogens with zero attached hydrogens (tertiary/aromatic N) is 1. The Morgan fingerprint density at radius 2 is 1.58 bits per heavy atom. The van der Waals surface area contributed by atoms with E-state index in [9.17, 15) is 14.7 Å². The minimum atomic E-state index is -0.755. The van der Waals surface area contributed by atoms with Crippen LogP contribution in [0, 0.1) is 5.92 Å². The number of hydrogen-bond acceptors (Lipinski definition) is 5. The van der Waals surface area contributed by atoms with E-state index < -0.39 is 17.7 Å². The number of aryl methyl sites for hydroxylation is 1. The van der Waals surface area contributed by atoms with Gasteiger partial charge in [-0.1, -0.05) is 56.3 Å². The first-order valence-electron chi connectivity index (χ1n) is 12.1. The Labute approximate surface area is 211 Å². The lowest BCUT2D eigenvalue weighted by atomic mass is 9.93. The molecule has 1 aliphatic rings. The van der Waals surface area contributed by atoms with Crippen molar-refractivity contribution in [1.82, 2.24) is 0 Å². The van der Waals surface area contributed by atoms with Crippen LogP contribution >= 0.6 is 0 Å². The van der Waals surface area contributed by atoms with Crippen molar-refractivity contribution in [3.05, 3.63) is 101 Å². The SMILES string of the molecule is COc1ccc(C2C(C(=O)CCc3ccccc3)=C(O)C(=O)N2c2ccc(OCC(C)C)cc2)cc1. The third kappa shape index (κ3) is 5.43. The van der Waals surface area contributed by atoms with Gasteiger partial charge in [0, 0.05) is 12.1 Å². The molecule has 0 radical (unpaired) electrons. The number of amides is 1. The minimum Gasteiger partial charge on any atom is -0.503 e. The number of anilines is 1. The number of carbonyl (C=O) groups excluding carboxylic acids is 2. The first-order chi connectivity index (χ1) is 17.4. The normalized spacial score (nSPS) is 15.5. The van der Waals surface area contributed by atoms with Gasteiger partial charge in [0.15, 0.2) is 11.5 Å². The van der Waals surface area contributed by atoms with E-state index in [1.165, 1.54) is 4.90 Å². The van der Waals surface area contributed by atoms with Gasteiger partial charge in [-0.05, 0) is 59.9 Å². The molecule has 1 N–H and O–H groups in total. The molecule has 1 heterocycles. The Bertz CT molecular complexity index is 1230. The minimum absolute atomic E-state index is 0.112. The molecule has 6 heteroatoms. The molecule has 0 saturated carbocycles. The van der Waals surface area contributed by atoms with Crippen molar-refractivity contribution >= 4 is 17.4 Å². The van der Waals surface area contributed by atoms with Crippen molar-refractivity contribution in [3.8, 4) is 11.5 Å². The molecule has 0 fully saturated rings. The van der Waals surface area contributed by atoms with Crippen molar-refractivity contribution in [2.45, 2.75) is 32.7 Å². The topological polar surface area (TPSA) is 76.1 Å². The predicted molar refractivity (Wildman–Crippen MR) is 139 cm³/mol. The van der Waals surface area contributed by atoms with E-state index in [-0.39, 0.29) is 17.8 Å². The average Bonchev–Trinajstić information content (AvgIpc) is 3.17. The fraction of sp³-hybridized carbons (Fsp3) is 0.267. The molecule has 6 nitrogen and oxygen atoms in total. The second kappa shape index (κ2) is 11.1. The van der Waals surface area contributed by atoms with Crippen molar-refractivity contribution in [2.75, 3.05) is 18.6 Å². The first-order valence-corrected chi connectivity index (χ1v) is 12.1. The van der Waals surface area contributed by atoms with Crippen molar-refractivity contribution in [2.24, 2.45) is 5.92 Å². The molecule has 0 bridgehead atoms. The lowest BCUT2D eigenvalue weighted by Crippen LogP contribution is -2.31. The Balaban J connectivity index is 1.66. The van der Waals surface area contributed by atoms with E-state index in [0.29, 0.717) is 41.7 Å². The second-order valence-corrected chi connectivity index (χ2v) is 9.22. The summed E-state index contributed by atoms with van der Waals surface area (Å²) in [4.78, 5) is 28.2. The summed E-state index contributed by atoms with van der Waals surface area (Å²) in [5.74, 6) is 0.367. The third-order valence-corrected chi connectivity index (χ3v) is 6.12. The lowest BCUT2D eigenvalue weighted by Gasteiger charge is -2.27. The summed E-state index contributed by atoms with van der Waals surface area (Å²) in [6, 6.07) is 23.2. The number of ketones is 1. The van der Waals surface area contributed by atoms with Gasteiger partial charge in [0.25, 0.3) is 5.91 Å². The highest BCUT2D eigenvalue weighted by Crippen LogP contribution is 2.42. The van der Waals surface area contributed by atoms with Crippen LogP contribution in [0.4, 0.5) is 5.69 Å². The zero-order valence-electron chi connectivity index (χ0n) is 20.8. The number of Topliss-reactive ketones (excluding diaryl/α,β-unsaturated/α-hetero) is 1. The van der Waals surface area contributed by atoms with Gasteiger partial charge in [-0.3, -0.25) is 14.5 Å². The van der Waals surface area contributed by atoms with Gasteiger partial charge in [0.1, 0.15) is 11.5 Å². The van der Waals surface area contributed by atoms with E-state index >= 15 is 0 Å². The molecular weight excluding hydrogens is 454 g/mol. The van der Waals surface area contributed by atoms with Crippen LogP contribution in [0.1, 0.15) is 37.4 Å². The highest BCUT2D eigenvalue weighted by molar-refractivity contribution is 6.16. The van der Waals surface area contributed by atoms with Gasteiger partial charge >= 0.3 is 0 Å². The van der Waals surface area contributed by atoms with Gasteiger partial charge in [0.05, 0.1) is 25.3 Å². The molecule has 3 aromatic rings. The maximum atomic E-state index is 13.4. The molecule has 1 aliphatic heterocycles. The van der Waals surface area contributed by atoms with Crippen LogP contribution < -0.4 is 14.4 Å². The molecule has 3 aromatic carbocycles. The molecule has 1 amide bonds. The Kier molecular flexibility index (Phi) is 7.74. The monoisotopic (exact) mass is 485 g/mol. The van der Waals surface area contributed by atoms with Crippen LogP contribution in [-0.4, -0.2) is 30.5 Å². The van der Waals surface area contributed by atoms with Gasteiger partial charge in [-0.15, -0.1) is 0 Å². The number of methoxy groups -OCH3 is 1. The summed E-state index contributed by atoms with van der Waals surface area (Å²) >= 11 is 0. The lowest BCUT2D eigenvalue weighted by molar-refractivity contribution is -0.118. The highest BCUT2D eigenvalue weighted by Gasteiger charge is 2.44. The molecule has 0 spiro atoms. The summed E-state index contributed by atoms with van der Waals surface area (Å²) in [6.07, 6.45) is 0.695. The van der Waals surface area contributed by atoms with Crippen LogP contribution in [-0.2, 0) is 16.0 Å². The number of hydrogen-bond donors (Lipinski definition) is 1. The fourth-order valence-corrected chi connectivity index (χ4v) is 4.26. The fourth-order valence-electron chi connectivity index (χ4n) is 4.26. The third-order valence-electron chi connectivity index (χ3n) is 6.12. The van der Waals surface area contributed by atoms with Crippen LogP contribution in [0.5, 0.6) is 11.5 Å². The van der Waals surface area contributed by atoms with Crippen LogP contribution in [0.2, 0.25) is 0 Å². The standard InChI is InChI=1S/C30H31NO5/c1-20(2)19-36-25-16-12-23(13-17-25)31-28(22-10-14-24(35-3)15-11-22)27(29(33)30(31)34)26(32)18-9-21-7-5-4-6-8-21/h4-8,10-17,20,28,33H,9,18-19H2,1-3H3. The molecule has 186 valence electrons. The smallest absolute Gasteiger partial charge is 0.294 e.